The average Bonchev–Trinajstić information content (AvgIpc) is 3.19. The number of fused-ring (bicyclic) bond motifs is 1. The van der Waals surface area contributed by atoms with Crippen LogP contribution in [0.3, 0.4) is 0 Å². The van der Waals surface area contributed by atoms with Crippen molar-refractivity contribution in [3.63, 3.8) is 0 Å². The van der Waals surface area contributed by atoms with Crippen molar-refractivity contribution in [3.8, 4) is 5.75 Å². The highest BCUT2D eigenvalue weighted by molar-refractivity contribution is 7.22. The molecule has 2 amide bonds. The van der Waals surface area contributed by atoms with Gasteiger partial charge in [-0.05, 0) is 31.0 Å². The molecule has 120 valence electrons. The summed E-state index contributed by atoms with van der Waals surface area (Å²) >= 11 is 1.41. The number of thiazole rings is 1. The minimum atomic E-state index is -0.273. The molecule has 1 saturated carbocycles. The SMILES string of the molecule is COc1ccc2nc(NC(=O)C3CC(=O)N(C4CC4)C3)sc2c1. The zero-order valence-corrected chi connectivity index (χ0v) is 13.6. The largest absolute Gasteiger partial charge is 0.497 e. The van der Waals surface area contributed by atoms with Crippen LogP contribution in [-0.4, -0.2) is 41.4 Å². The number of nitrogens with zero attached hydrogens (tertiary/aromatic N) is 2. The topological polar surface area (TPSA) is 71.5 Å². The van der Waals surface area contributed by atoms with Crippen molar-refractivity contribution in [1.29, 1.82) is 0 Å². The van der Waals surface area contributed by atoms with Gasteiger partial charge in [0.25, 0.3) is 0 Å². The number of ether oxygens (including phenoxy) is 1. The number of hydrogen-bond acceptors (Lipinski definition) is 5. The molecule has 1 aromatic carbocycles. The maximum Gasteiger partial charge on any atom is 0.231 e. The second-order valence-corrected chi connectivity index (χ2v) is 7.05. The van der Waals surface area contributed by atoms with Crippen LogP contribution < -0.4 is 10.1 Å². The molecule has 1 aliphatic carbocycles. The van der Waals surface area contributed by atoms with E-state index in [2.05, 4.69) is 10.3 Å². The average molecular weight is 331 g/mol. The zero-order chi connectivity index (χ0) is 16.0. The van der Waals surface area contributed by atoms with Crippen molar-refractivity contribution < 1.29 is 14.3 Å². The number of carbonyl (C=O) groups excluding carboxylic acids is 2. The molecule has 7 heteroatoms. The van der Waals surface area contributed by atoms with E-state index in [0.29, 0.717) is 24.1 Å². The lowest BCUT2D eigenvalue weighted by molar-refractivity contribution is -0.128. The molecule has 2 fully saturated rings. The number of methoxy groups -OCH3 is 1. The fourth-order valence-electron chi connectivity index (χ4n) is 2.94. The van der Waals surface area contributed by atoms with Crippen molar-refractivity contribution in [1.82, 2.24) is 9.88 Å². The summed E-state index contributed by atoms with van der Waals surface area (Å²) < 4.78 is 6.15. The maximum absolute atomic E-state index is 12.4. The molecule has 2 aliphatic rings. The van der Waals surface area contributed by atoms with Crippen LogP contribution in [0.15, 0.2) is 18.2 Å². The van der Waals surface area contributed by atoms with Gasteiger partial charge in [-0.3, -0.25) is 9.59 Å². The molecule has 6 nitrogen and oxygen atoms in total. The molecule has 23 heavy (non-hydrogen) atoms. The van der Waals surface area contributed by atoms with Gasteiger partial charge < -0.3 is 15.0 Å². The lowest BCUT2D eigenvalue weighted by Gasteiger charge is -2.14. The summed E-state index contributed by atoms with van der Waals surface area (Å²) in [5, 5.41) is 3.43. The third-order valence-corrected chi connectivity index (χ3v) is 5.28. The highest BCUT2D eigenvalue weighted by atomic mass is 32.1. The number of benzene rings is 1. The molecular formula is C16H17N3O3S. The van der Waals surface area contributed by atoms with Crippen LogP contribution in [-0.2, 0) is 9.59 Å². The summed E-state index contributed by atoms with van der Waals surface area (Å²) in [7, 11) is 1.62. The van der Waals surface area contributed by atoms with Crippen molar-refractivity contribution in [2.24, 2.45) is 5.92 Å². The van der Waals surface area contributed by atoms with Crippen LogP contribution in [0.4, 0.5) is 5.13 Å². The zero-order valence-electron chi connectivity index (χ0n) is 12.7. The minimum absolute atomic E-state index is 0.0988. The molecule has 0 radical (unpaired) electrons. The number of hydrogen-bond donors (Lipinski definition) is 1. The Morgan fingerprint density at radius 2 is 2.26 bits per heavy atom. The Hall–Kier alpha value is -2.15. The number of likely N-dealkylation sites (tertiary alicyclic amines) is 1. The molecule has 1 saturated heterocycles. The summed E-state index contributed by atoms with van der Waals surface area (Å²) in [5.74, 6) is 0.472. The Balaban J connectivity index is 1.47. The smallest absolute Gasteiger partial charge is 0.231 e. The first-order valence-corrected chi connectivity index (χ1v) is 8.50. The quantitative estimate of drug-likeness (QED) is 0.933. The maximum atomic E-state index is 12.4. The van der Waals surface area contributed by atoms with Gasteiger partial charge >= 0.3 is 0 Å². The number of aromatic nitrogens is 1. The minimum Gasteiger partial charge on any atom is -0.497 e. The van der Waals surface area contributed by atoms with Crippen LogP contribution in [0, 0.1) is 5.92 Å². The summed E-state index contributed by atoms with van der Waals surface area (Å²) in [6.07, 6.45) is 2.45. The van der Waals surface area contributed by atoms with E-state index >= 15 is 0 Å². The first-order chi connectivity index (χ1) is 11.1. The van der Waals surface area contributed by atoms with Gasteiger partial charge in [0.15, 0.2) is 5.13 Å². The van der Waals surface area contributed by atoms with E-state index in [1.54, 1.807) is 7.11 Å². The summed E-state index contributed by atoms with van der Waals surface area (Å²) in [5.41, 5.74) is 0.827. The van der Waals surface area contributed by atoms with Crippen molar-refractivity contribution in [3.05, 3.63) is 18.2 Å². The van der Waals surface area contributed by atoms with E-state index in [1.165, 1.54) is 11.3 Å². The third kappa shape index (κ3) is 2.76. The first kappa shape index (κ1) is 14.4. The molecule has 1 atom stereocenters. The van der Waals surface area contributed by atoms with Crippen molar-refractivity contribution in [2.75, 3.05) is 19.0 Å². The second-order valence-electron chi connectivity index (χ2n) is 6.02. The molecule has 0 bridgehead atoms. The van der Waals surface area contributed by atoms with E-state index < -0.39 is 0 Å². The van der Waals surface area contributed by atoms with Gasteiger partial charge in [-0.2, -0.15) is 0 Å². The normalized spacial score (nSPS) is 21.0. The summed E-state index contributed by atoms with van der Waals surface area (Å²) in [6, 6.07) is 5.98. The molecule has 1 aromatic heterocycles. The van der Waals surface area contributed by atoms with E-state index in [9.17, 15) is 9.59 Å². The Kier molecular flexibility index (Phi) is 3.45. The summed E-state index contributed by atoms with van der Waals surface area (Å²) in [4.78, 5) is 30.6. The Morgan fingerprint density at radius 3 is 3.00 bits per heavy atom. The van der Waals surface area contributed by atoms with Crippen LogP contribution in [0.1, 0.15) is 19.3 Å². The van der Waals surface area contributed by atoms with Crippen LogP contribution in [0.5, 0.6) is 5.75 Å². The fraction of sp³-hybridized carbons (Fsp3) is 0.438. The lowest BCUT2D eigenvalue weighted by Crippen LogP contribution is -2.29. The number of amides is 2. The number of rotatable bonds is 4. The van der Waals surface area contributed by atoms with Crippen molar-refractivity contribution >= 4 is 38.5 Å². The van der Waals surface area contributed by atoms with Gasteiger partial charge in [0.05, 0.1) is 23.2 Å². The predicted molar refractivity (Wildman–Crippen MR) is 87.6 cm³/mol. The highest BCUT2D eigenvalue weighted by Gasteiger charge is 2.41. The second kappa shape index (κ2) is 5.49. The van der Waals surface area contributed by atoms with E-state index in [4.69, 9.17) is 4.74 Å². The molecule has 0 spiro atoms. The number of anilines is 1. The molecular weight excluding hydrogens is 314 g/mol. The monoisotopic (exact) mass is 331 g/mol. The Morgan fingerprint density at radius 1 is 1.43 bits per heavy atom. The predicted octanol–water partition coefficient (Wildman–Crippen LogP) is 2.25. The molecule has 1 N–H and O–H groups in total. The van der Waals surface area contributed by atoms with Crippen molar-refractivity contribution in [2.45, 2.75) is 25.3 Å². The summed E-state index contributed by atoms with van der Waals surface area (Å²) in [6.45, 7) is 0.536. The molecule has 2 aromatic rings. The van der Waals surface area contributed by atoms with Crippen LogP contribution in [0.2, 0.25) is 0 Å². The number of carbonyl (C=O) groups is 2. The molecule has 1 unspecified atom stereocenters. The molecule has 4 rings (SSSR count). The van der Waals surface area contributed by atoms with E-state index in [-0.39, 0.29) is 17.7 Å². The Labute approximate surface area is 137 Å². The van der Waals surface area contributed by atoms with Gasteiger partial charge in [0, 0.05) is 19.0 Å². The van der Waals surface area contributed by atoms with Gasteiger partial charge in [-0.15, -0.1) is 0 Å². The van der Waals surface area contributed by atoms with Gasteiger partial charge in [0.2, 0.25) is 11.8 Å². The first-order valence-electron chi connectivity index (χ1n) is 7.69. The van der Waals surface area contributed by atoms with Gasteiger partial charge in [0.1, 0.15) is 5.75 Å². The van der Waals surface area contributed by atoms with Gasteiger partial charge in [-0.1, -0.05) is 11.3 Å². The molecule has 1 aliphatic heterocycles. The standard InChI is InChI=1S/C16H17N3O3S/c1-22-11-4-5-12-13(7-11)23-16(17-12)18-15(21)9-6-14(20)19(8-9)10-2-3-10/h4-5,7,9-10H,2-3,6,8H2,1H3,(H,17,18,21). The van der Waals surface area contributed by atoms with Gasteiger partial charge in [-0.25, -0.2) is 4.98 Å². The van der Waals surface area contributed by atoms with E-state index in [0.717, 1.165) is 28.8 Å². The number of nitrogens with one attached hydrogen (secondary N) is 1. The fourth-order valence-corrected chi connectivity index (χ4v) is 3.84. The van der Waals surface area contributed by atoms with Crippen LogP contribution in [0.25, 0.3) is 10.2 Å². The van der Waals surface area contributed by atoms with E-state index in [1.807, 2.05) is 23.1 Å². The molecule has 2 heterocycles. The third-order valence-electron chi connectivity index (χ3n) is 4.34. The lowest BCUT2D eigenvalue weighted by atomic mass is 10.1. The Bertz CT molecular complexity index is 784. The van der Waals surface area contributed by atoms with Crippen LogP contribution >= 0.6 is 11.3 Å². The highest BCUT2D eigenvalue weighted by Crippen LogP contribution is 2.34.